The molecule has 31 heavy (non-hydrogen) atoms. The fourth-order valence-corrected chi connectivity index (χ4v) is 3.94. The van der Waals surface area contributed by atoms with Crippen LogP contribution in [-0.2, 0) is 14.3 Å². The Morgan fingerprint density at radius 2 is 1.81 bits per heavy atom. The van der Waals surface area contributed by atoms with E-state index in [9.17, 15) is 9.59 Å². The van der Waals surface area contributed by atoms with Crippen molar-refractivity contribution in [2.24, 2.45) is 0 Å². The summed E-state index contributed by atoms with van der Waals surface area (Å²) in [6.07, 6.45) is 0.568. The SMILES string of the molecule is CCOC(=O)c1[nH]c2cc(OC)c(OC)cc2c1NC(=O)CCN1CC(C)OC(C)C1. The van der Waals surface area contributed by atoms with Gasteiger partial charge in [0.1, 0.15) is 5.69 Å². The predicted molar refractivity (Wildman–Crippen MR) is 117 cm³/mol. The molecule has 3 rings (SSSR count). The van der Waals surface area contributed by atoms with Crippen LogP contribution in [-0.4, -0.2) is 74.4 Å². The van der Waals surface area contributed by atoms with Crippen LogP contribution in [0.1, 0.15) is 37.7 Å². The molecule has 2 N–H and O–H groups in total. The number of ether oxygens (including phenoxy) is 4. The highest BCUT2D eigenvalue weighted by molar-refractivity contribution is 6.11. The molecule has 1 fully saturated rings. The normalized spacial score (nSPS) is 19.3. The molecule has 1 amide bonds. The van der Waals surface area contributed by atoms with Crippen molar-refractivity contribution in [3.63, 3.8) is 0 Å². The Labute approximate surface area is 182 Å². The first-order chi connectivity index (χ1) is 14.9. The average molecular weight is 434 g/mol. The van der Waals surface area contributed by atoms with E-state index in [1.54, 1.807) is 19.1 Å². The lowest BCUT2D eigenvalue weighted by Crippen LogP contribution is -2.46. The van der Waals surface area contributed by atoms with Crippen molar-refractivity contribution in [3.05, 3.63) is 17.8 Å². The molecule has 2 aromatic rings. The molecule has 0 spiro atoms. The maximum atomic E-state index is 12.8. The molecule has 9 nitrogen and oxygen atoms in total. The molecule has 2 atom stereocenters. The maximum absolute atomic E-state index is 12.8. The molecule has 1 aromatic heterocycles. The van der Waals surface area contributed by atoms with E-state index in [2.05, 4.69) is 15.2 Å². The minimum absolute atomic E-state index is 0.137. The fourth-order valence-electron chi connectivity index (χ4n) is 3.94. The molecule has 2 heterocycles. The Hall–Kier alpha value is -2.78. The first-order valence-electron chi connectivity index (χ1n) is 10.5. The van der Waals surface area contributed by atoms with E-state index in [0.29, 0.717) is 41.1 Å². The number of amides is 1. The van der Waals surface area contributed by atoms with Crippen molar-refractivity contribution >= 4 is 28.5 Å². The molecule has 9 heteroatoms. The van der Waals surface area contributed by atoms with Gasteiger partial charge in [-0.1, -0.05) is 0 Å². The predicted octanol–water partition coefficient (Wildman–Crippen LogP) is 2.80. The average Bonchev–Trinajstić information content (AvgIpc) is 3.08. The van der Waals surface area contributed by atoms with E-state index < -0.39 is 5.97 Å². The lowest BCUT2D eigenvalue weighted by molar-refractivity contribution is -0.117. The number of nitrogens with one attached hydrogen (secondary N) is 2. The van der Waals surface area contributed by atoms with Gasteiger partial charge in [-0.25, -0.2) is 4.79 Å². The summed E-state index contributed by atoms with van der Waals surface area (Å²) in [5.74, 6) is 0.284. The summed E-state index contributed by atoms with van der Waals surface area (Å²) >= 11 is 0. The van der Waals surface area contributed by atoms with Gasteiger partial charge in [0.15, 0.2) is 11.5 Å². The molecular weight excluding hydrogens is 402 g/mol. The summed E-state index contributed by atoms with van der Waals surface area (Å²) in [4.78, 5) is 30.6. The number of hydrogen-bond donors (Lipinski definition) is 2. The van der Waals surface area contributed by atoms with Crippen LogP contribution in [0.3, 0.4) is 0 Å². The molecule has 170 valence electrons. The van der Waals surface area contributed by atoms with Gasteiger partial charge in [0, 0.05) is 37.5 Å². The summed E-state index contributed by atoms with van der Waals surface area (Å²) in [6.45, 7) is 8.20. The molecule has 0 radical (unpaired) electrons. The van der Waals surface area contributed by atoms with Gasteiger partial charge in [-0.05, 0) is 26.8 Å². The van der Waals surface area contributed by atoms with Crippen molar-refractivity contribution in [2.45, 2.75) is 39.4 Å². The zero-order valence-electron chi connectivity index (χ0n) is 18.7. The van der Waals surface area contributed by atoms with E-state index in [0.717, 1.165) is 13.1 Å². The third kappa shape index (κ3) is 5.29. The highest BCUT2D eigenvalue weighted by atomic mass is 16.5. The van der Waals surface area contributed by atoms with Gasteiger partial charge in [-0.2, -0.15) is 0 Å². The van der Waals surface area contributed by atoms with Crippen LogP contribution in [0.4, 0.5) is 5.69 Å². The van der Waals surface area contributed by atoms with Crippen LogP contribution in [0, 0.1) is 0 Å². The van der Waals surface area contributed by atoms with Gasteiger partial charge in [0.05, 0.1) is 44.2 Å². The number of aromatic nitrogens is 1. The largest absolute Gasteiger partial charge is 0.493 e. The molecule has 1 aromatic carbocycles. The maximum Gasteiger partial charge on any atom is 0.356 e. The third-order valence-corrected chi connectivity index (χ3v) is 5.20. The standard InChI is InChI=1S/C22H31N3O6/c1-6-30-22(27)21-20(15-9-17(28-4)18(29-5)10-16(15)23-21)24-19(26)7-8-25-11-13(2)31-14(3)12-25/h9-10,13-14,23H,6-8,11-12H2,1-5H3,(H,24,26). The lowest BCUT2D eigenvalue weighted by atomic mass is 10.2. The molecular formula is C22H31N3O6. The smallest absolute Gasteiger partial charge is 0.356 e. The molecule has 0 bridgehead atoms. The van der Waals surface area contributed by atoms with E-state index in [1.165, 1.54) is 14.2 Å². The number of H-pyrrole nitrogens is 1. The number of carbonyl (C=O) groups is 2. The number of benzene rings is 1. The van der Waals surface area contributed by atoms with Gasteiger partial charge in [0.25, 0.3) is 0 Å². The zero-order chi connectivity index (χ0) is 22.5. The van der Waals surface area contributed by atoms with Crippen molar-refractivity contribution in [1.82, 2.24) is 9.88 Å². The summed E-state index contributed by atoms with van der Waals surface area (Å²) in [5.41, 5.74) is 1.20. The van der Waals surface area contributed by atoms with Crippen LogP contribution < -0.4 is 14.8 Å². The van der Waals surface area contributed by atoms with Crippen LogP contribution >= 0.6 is 0 Å². The van der Waals surface area contributed by atoms with Crippen molar-refractivity contribution in [2.75, 3.05) is 45.8 Å². The Kier molecular flexibility index (Phi) is 7.40. The van der Waals surface area contributed by atoms with Gasteiger partial charge < -0.3 is 29.2 Å². The second-order valence-corrected chi connectivity index (χ2v) is 7.66. The van der Waals surface area contributed by atoms with Gasteiger partial charge >= 0.3 is 5.97 Å². The van der Waals surface area contributed by atoms with Crippen LogP contribution in [0.15, 0.2) is 12.1 Å². The minimum Gasteiger partial charge on any atom is -0.493 e. The molecule has 1 aliphatic heterocycles. The van der Waals surface area contributed by atoms with E-state index in [-0.39, 0.29) is 30.4 Å². The monoisotopic (exact) mass is 433 g/mol. The molecule has 1 saturated heterocycles. The first-order valence-corrected chi connectivity index (χ1v) is 10.5. The number of morpholine rings is 1. The van der Waals surface area contributed by atoms with E-state index in [1.807, 2.05) is 13.8 Å². The zero-order valence-corrected chi connectivity index (χ0v) is 18.7. The Morgan fingerprint density at radius 1 is 1.16 bits per heavy atom. The molecule has 0 saturated carbocycles. The number of rotatable bonds is 8. The van der Waals surface area contributed by atoms with E-state index >= 15 is 0 Å². The van der Waals surface area contributed by atoms with Crippen molar-refractivity contribution < 1.29 is 28.5 Å². The molecule has 2 unspecified atom stereocenters. The summed E-state index contributed by atoms with van der Waals surface area (Å²) in [5, 5.41) is 3.54. The van der Waals surface area contributed by atoms with Gasteiger partial charge in [-0.15, -0.1) is 0 Å². The Morgan fingerprint density at radius 3 is 2.42 bits per heavy atom. The number of hydrogen-bond acceptors (Lipinski definition) is 7. The van der Waals surface area contributed by atoms with Crippen molar-refractivity contribution in [3.8, 4) is 11.5 Å². The number of esters is 1. The Bertz CT molecular complexity index is 931. The number of methoxy groups -OCH3 is 2. The third-order valence-electron chi connectivity index (χ3n) is 5.20. The minimum atomic E-state index is -0.539. The van der Waals surface area contributed by atoms with Gasteiger partial charge in [-0.3, -0.25) is 9.69 Å². The lowest BCUT2D eigenvalue weighted by Gasteiger charge is -2.35. The molecule has 1 aliphatic rings. The van der Waals surface area contributed by atoms with E-state index in [4.69, 9.17) is 18.9 Å². The van der Waals surface area contributed by atoms with Crippen LogP contribution in [0.2, 0.25) is 0 Å². The number of anilines is 1. The first kappa shape index (κ1) is 22.9. The topological polar surface area (TPSA) is 102 Å². The second kappa shape index (κ2) is 10.0. The second-order valence-electron chi connectivity index (χ2n) is 7.66. The summed E-state index contributed by atoms with van der Waals surface area (Å²) in [6, 6.07) is 3.46. The fraction of sp³-hybridized carbons (Fsp3) is 0.545. The number of aromatic amines is 1. The van der Waals surface area contributed by atoms with Crippen LogP contribution in [0.25, 0.3) is 10.9 Å². The quantitative estimate of drug-likeness (QED) is 0.617. The number of fused-ring (bicyclic) bond motifs is 1. The highest BCUT2D eigenvalue weighted by Gasteiger charge is 2.25. The number of carbonyl (C=O) groups excluding carboxylic acids is 2. The Balaban J connectivity index is 1.83. The number of nitrogens with zero attached hydrogens (tertiary/aromatic N) is 1. The molecule has 0 aliphatic carbocycles. The highest BCUT2D eigenvalue weighted by Crippen LogP contribution is 2.37. The van der Waals surface area contributed by atoms with Gasteiger partial charge in [0.2, 0.25) is 5.91 Å². The summed E-state index contributed by atoms with van der Waals surface area (Å²) < 4.78 is 21.6. The van der Waals surface area contributed by atoms with Crippen molar-refractivity contribution in [1.29, 1.82) is 0 Å². The van der Waals surface area contributed by atoms with Crippen LogP contribution in [0.5, 0.6) is 11.5 Å². The summed E-state index contributed by atoms with van der Waals surface area (Å²) in [7, 11) is 3.07.